The van der Waals surface area contributed by atoms with Crippen LogP contribution in [-0.4, -0.2) is 55.6 Å². The highest BCUT2D eigenvalue weighted by Gasteiger charge is 2.39. The van der Waals surface area contributed by atoms with Crippen molar-refractivity contribution >= 4 is 22.7 Å². The van der Waals surface area contributed by atoms with Crippen LogP contribution in [0.15, 0.2) is 36.4 Å². The molecule has 1 N–H and O–H groups in total. The standard InChI is InChI=1S/C18H21N3O3/c1-19-17(22)14-10-21(9-13(14)11-24-2)18(23)16-8-7-12-5-3-4-6-15(12)20-16/h3-8,13-14H,9-11H2,1-2H3,(H,19,22)/t13-,14+/m0/s1. The summed E-state index contributed by atoms with van der Waals surface area (Å²) >= 11 is 0. The molecule has 0 unspecified atom stereocenters. The van der Waals surface area contributed by atoms with Gasteiger partial charge in [-0.2, -0.15) is 0 Å². The fraction of sp³-hybridized carbons (Fsp3) is 0.389. The molecule has 6 nitrogen and oxygen atoms in total. The molecule has 1 aliphatic heterocycles. The number of hydrogen-bond donors (Lipinski definition) is 1. The van der Waals surface area contributed by atoms with E-state index in [4.69, 9.17) is 4.74 Å². The predicted octanol–water partition coefficient (Wildman–Crippen LogP) is 1.32. The van der Waals surface area contributed by atoms with E-state index >= 15 is 0 Å². The number of amides is 2. The zero-order valence-electron chi connectivity index (χ0n) is 13.9. The molecular weight excluding hydrogens is 306 g/mol. The molecule has 1 aliphatic rings. The minimum atomic E-state index is -0.251. The second-order valence-electron chi connectivity index (χ2n) is 6.04. The Kier molecular flexibility index (Phi) is 4.76. The van der Waals surface area contributed by atoms with E-state index in [-0.39, 0.29) is 23.7 Å². The van der Waals surface area contributed by atoms with Gasteiger partial charge < -0.3 is 15.0 Å². The van der Waals surface area contributed by atoms with E-state index in [1.54, 1.807) is 25.1 Å². The van der Waals surface area contributed by atoms with Crippen molar-refractivity contribution in [3.8, 4) is 0 Å². The number of methoxy groups -OCH3 is 1. The summed E-state index contributed by atoms with van der Waals surface area (Å²) in [6.45, 7) is 1.34. The van der Waals surface area contributed by atoms with Crippen molar-refractivity contribution in [1.29, 1.82) is 0 Å². The van der Waals surface area contributed by atoms with Gasteiger partial charge in [-0.15, -0.1) is 0 Å². The number of carbonyl (C=O) groups is 2. The molecule has 1 aromatic carbocycles. The first kappa shape index (κ1) is 16.4. The van der Waals surface area contributed by atoms with Crippen molar-refractivity contribution in [3.05, 3.63) is 42.1 Å². The number of rotatable bonds is 4. The SMILES string of the molecule is CNC(=O)[C@@H]1CN(C(=O)c2ccc3ccccc3n2)C[C@H]1COC. The summed E-state index contributed by atoms with van der Waals surface area (Å²) < 4.78 is 5.21. The average Bonchev–Trinajstić information content (AvgIpc) is 3.04. The van der Waals surface area contributed by atoms with Crippen LogP contribution in [0, 0.1) is 11.8 Å². The number of hydrogen-bond acceptors (Lipinski definition) is 4. The van der Waals surface area contributed by atoms with Crippen molar-refractivity contribution in [3.63, 3.8) is 0 Å². The molecular formula is C18H21N3O3. The topological polar surface area (TPSA) is 71.5 Å². The molecule has 2 aromatic rings. The molecule has 1 aromatic heterocycles. The van der Waals surface area contributed by atoms with Gasteiger partial charge in [0.25, 0.3) is 5.91 Å². The molecule has 2 amide bonds. The third kappa shape index (κ3) is 3.10. The lowest BCUT2D eigenvalue weighted by Gasteiger charge is -2.16. The Morgan fingerprint density at radius 3 is 2.79 bits per heavy atom. The summed E-state index contributed by atoms with van der Waals surface area (Å²) in [6, 6.07) is 11.3. The Bertz CT molecular complexity index is 762. The fourth-order valence-corrected chi connectivity index (χ4v) is 3.25. The number of nitrogens with one attached hydrogen (secondary N) is 1. The molecule has 2 heterocycles. The highest BCUT2D eigenvalue weighted by Crippen LogP contribution is 2.25. The monoisotopic (exact) mass is 327 g/mol. The van der Waals surface area contributed by atoms with Crippen LogP contribution in [0.4, 0.5) is 0 Å². The van der Waals surface area contributed by atoms with Crippen LogP contribution in [0.2, 0.25) is 0 Å². The summed E-state index contributed by atoms with van der Waals surface area (Å²) in [4.78, 5) is 31.0. The number of aromatic nitrogens is 1. The molecule has 1 fully saturated rings. The molecule has 3 rings (SSSR count). The van der Waals surface area contributed by atoms with Crippen molar-refractivity contribution in [2.75, 3.05) is 33.9 Å². The average molecular weight is 327 g/mol. The van der Waals surface area contributed by atoms with E-state index in [9.17, 15) is 9.59 Å². The maximum absolute atomic E-state index is 12.8. The zero-order chi connectivity index (χ0) is 17.1. The maximum atomic E-state index is 12.8. The normalized spacial score (nSPS) is 20.3. The second-order valence-corrected chi connectivity index (χ2v) is 6.04. The Labute approximate surface area is 140 Å². The number of pyridine rings is 1. The molecule has 126 valence electrons. The van der Waals surface area contributed by atoms with E-state index in [1.165, 1.54) is 0 Å². The number of carbonyl (C=O) groups excluding carboxylic acids is 2. The quantitative estimate of drug-likeness (QED) is 0.919. The minimum absolute atomic E-state index is 0.000596. The van der Waals surface area contributed by atoms with Gasteiger partial charge in [0.05, 0.1) is 18.0 Å². The first-order valence-corrected chi connectivity index (χ1v) is 7.99. The van der Waals surface area contributed by atoms with Crippen LogP contribution in [0.1, 0.15) is 10.5 Å². The van der Waals surface area contributed by atoms with Gasteiger partial charge in [0.15, 0.2) is 0 Å². The summed E-state index contributed by atoms with van der Waals surface area (Å²) in [5.74, 6) is -0.453. The van der Waals surface area contributed by atoms with Crippen molar-refractivity contribution in [2.45, 2.75) is 0 Å². The number of likely N-dealkylation sites (tertiary alicyclic amines) is 1. The number of nitrogens with zero attached hydrogens (tertiary/aromatic N) is 2. The first-order chi connectivity index (χ1) is 11.6. The Balaban J connectivity index is 1.82. The largest absolute Gasteiger partial charge is 0.384 e. The van der Waals surface area contributed by atoms with Crippen LogP contribution >= 0.6 is 0 Å². The molecule has 24 heavy (non-hydrogen) atoms. The summed E-state index contributed by atoms with van der Waals surface area (Å²) in [5, 5.41) is 3.67. The van der Waals surface area contributed by atoms with E-state index in [0.717, 1.165) is 10.9 Å². The van der Waals surface area contributed by atoms with Crippen molar-refractivity contribution in [1.82, 2.24) is 15.2 Å². The van der Waals surface area contributed by atoms with Gasteiger partial charge >= 0.3 is 0 Å². The lowest BCUT2D eigenvalue weighted by Crippen LogP contribution is -2.34. The molecule has 1 saturated heterocycles. The molecule has 2 atom stereocenters. The summed E-state index contributed by atoms with van der Waals surface area (Å²) in [5.41, 5.74) is 1.20. The number of ether oxygens (including phenoxy) is 1. The van der Waals surface area contributed by atoms with Gasteiger partial charge in [-0.25, -0.2) is 4.98 Å². The second kappa shape index (κ2) is 6.97. The minimum Gasteiger partial charge on any atom is -0.384 e. The van der Waals surface area contributed by atoms with Crippen molar-refractivity contribution < 1.29 is 14.3 Å². The van der Waals surface area contributed by atoms with Gasteiger partial charge in [-0.1, -0.05) is 24.3 Å². The summed E-state index contributed by atoms with van der Waals surface area (Å²) in [7, 11) is 3.22. The molecule has 6 heteroatoms. The Hall–Kier alpha value is -2.47. The predicted molar refractivity (Wildman–Crippen MR) is 90.6 cm³/mol. The van der Waals surface area contributed by atoms with E-state index < -0.39 is 0 Å². The molecule has 0 spiro atoms. The highest BCUT2D eigenvalue weighted by atomic mass is 16.5. The fourth-order valence-electron chi connectivity index (χ4n) is 3.25. The summed E-state index contributed by atoms with van der Waals surface area (Å²) in [6.07, 6.45) is 0. The Morgan fingerprint density at radius 2 is 2.04 bits per heavy atom. The van der Waals surface area contributed by atoms with Gasteiger partial charge in [-0.3, -0.25) is 9.59 Å². The van der Waals surface area contributed by atoms with Gasteiger partial charge in [0, 0.05) is 38.6 Å². The van der Waals surface area contributed by atoms with Crippen molar-refractivity contribution in [2.24, 2.45) is 11.8 Å². The lowest BCUT2D eigenvalue weighted by atomic mass is 9.96. The molecule has 0 aliphatic carbocycles. The van der Waals surface area contributed by atoms with Gasteiger partial charge in [0.2, 0.25) is 5.91 Å². The van der Waals surface area contributed by atoms with Crippen LogP contribution in [0.25, 0.3) is 10.9 Å². The Morgan fingerprint density at radius 1 is 1.25 bits per heavy atom. The van der Waals surface area contributed by atoms with E-state index in [0.29, 0.717) is 25.4 Å². The van der Waals surface area contributed by atoms with Crippen LogP contribution < -0.4 is 5.32 Å². The highest BCUT2D eigenvalue weighted by molar-refractivity contribution is 5.95. The molecule has 0 saturated carbocycles. The van der Waals surface area contributed by atoms with Crippen LogP contribution in [0.5, 0.6) is 0 Å². The van der Waals surface area contributed by atoms with Crippen LogP contribution in [0.3, 0.4) is 0 Å². The number of benzene rings is 1. The molecule has 0 radical (unpaired) electrons. The third-order valence-electron chi connectivity index (χ3n) is 4.51. The lowest BCUT2D eigenvalue weighted by molar-refractivity contribution is -0.125. The van der Waals surface area contributed by atoms with Crippen LogP contribution in [-0.2, 0) is 9.53 Å². The van der Waals surface area contributed by atoms with E-state index in [2.05, 4.69) is 10.3 Å². The first-order valence-electron chi connectivity index (χ1n) is 7.99. The van der Waals surface area contributed by atoms with E-state index in [1.807, 2.05) is 30.3 Å². The zero-order valence-corrected chi connectivity index (χ0v) is 13.9. The smallest absolute Gasteiger partial charge is 0.272 e. The van der Waals surface area contributed by atoms with Gasteiger partial charge in [0.1, 0.15) is 5.69 Å². The number of para-hydroxylation sites is 1. The maximum Gasteiger partial charge on any atom is 0.272 e. The number of fused-ring (bicyclic) bond motifs is 1. The molecule has 0 bridgehead atoms. The van der Waals surface area contributed by atoms with Gasteiger partial charge in [-0.05, 0) is 12.1 Å². The third-order valence-corrected chi connectivity index (χ3v) is 4.51.